The zero-order valence-corrected chi connectivity index (χ0v) is 14.7. The van der Waals surface area contributed by atoms with Crippen LogP contribution < -0.4 is 9.47 Å². The second-order valence-corrected chi connectivity index (χ2v) is 5.82. The molecule has 0 fully saturated rings. The molecule has 0 amide bonds. The van der Waals surface area contributed by atoms with Crippen molar-refractivity contribution in [2.24, 2.45) is 0 Å². The summed E-state index contributed by atoms with van der Waals surface area (Å²) >= 11 is 5.98. The molecule has 0 bridgehead atoms. The number of nitrogens with zero attached hydrogens (tertiary/aromatic N) is 2. The van der Waals surface area contributed by atoms with Crippen molar-refractivity contribution in [3.05, 3.63) is 59.4 Å². The zero-order chi connectivity index (χ0) is 17.5. The van der Waals surface area contributed by atoms with Gasteiger partial charge in [0.25, 0.3) is 0 Å². The average molecular weight is 359 g/mol. The molecule has 0 aliphatic carbocycles. The van der Waals surface area contributed by atoms with Crippen LogP contribution in [0.15, 0.2) is 48.8 Å². The summed E-state index contributed by atoms with van der Waals surface area (Å²) in [6.07, 6.45) is 1.50. The van der Waals surface area contributed by atoms with Crippen molar-refractivity contribution in [1.82, 2.24) is 9.97 Å². The zero-order valence-electron chi connectivity index (χ0n) is 13.9. The number of para-hydroxylation sites is 1. The predicted octanol–water partition coefficient (Wildman–Crippen LogP) is 4.07. The second-order valence-electron chi connectivity index (χ2n) is 5.42. The van der Waals surface area contributed by atoms with Gasteiger partial charge in [-0.1, -0.05) is 23.7 Å². The normalized spacial score (nSPS) is 10.8. The van der Waals surface area contributed by atoms with Gasteiger partial charge in [-0.25, -0.2) is 9.97 Å². The molecule has 0 unspecified atom stereocenters. The molecule has 25 heavy (non-hydrogen) atoms. The van der Waals surface area contributed by atoms with Crippen LogP contribution in [0.5, 0.6) is 11.6 Å². The summed E-state index contributed by atoms with van der Waals surface area (Å²) in [5.74, 6) is 1.36. The molecule has 2 aromatic carbocycles. The van der Waals surface area contributed by atoms with Gasteiger partial charge in [0.1, 0.15) is 25.3 Å². The van der Waals surface area contributed by atoms with Crippen molar-refractivity contribution in [3.63, 3.8) is 0 Å². The summed E-state index contributed by atoms with van der Waals surface area (Å²) in [6.45, 7) is 3.77. The van der Waals surface area contributed by atoms with Gasteiger partial charge in [0.05, 0.1) is 24.1 Å². The van der Waals surface area contributed by atoms with E-state index in [0.717, 1.165) is 27.2 Å². The van der Waals surface area contributed by atoms with Crippen molar-refractivity contribution < 1.29 is 14.2 Å². The SMILES string of the molecule is Cc1cc(OCCOCCOc2ncnc3ccccc23)ccc1Cl. The van der Waals surface area contributed by atoms with Crippen LogP contribution in [0.4, 0.5) is 0 Å². The van der Waals surface area contributed by atoms with Crippen LogP contribution in [-0.2, 0) is 4.74 Å². The Kier molecular flexibility index (Phi) is 6.04. The average Bonchev–Trinajstić information content (AvgIpc) is 2.64. The summed E-state index contributed by atoms with van der Waals surface area (Å²) in [6, 6.07) is 13.3. The monoisotopic (exact) mass is 358 g/mol. The van der Waals surface area contributed by atoms with E-state index in [1.165, 1.54) is 6.33 Å². The fourth-order valence-electron chi connectivity index (χ4n) is 2.32. The van der Waals surface area contributed by atoms with E-state index in [4.69, 9.17) is 25.8 Å². The molecule has 130 valence electrons. The lowest BCUT2D eigenvalue weighted by molar-refractivity contribution is 0.0757. The highest BCUT2D eigenvalue weighted by Gasteiger charge is 2.03. The number of benzene rings is 2. The number of fused-ring (bicyclic) bond motifs is 1. The van der Waals surface area contributed by atoms with Crippen LogP contribution in [0.1, 0.15) is 5.56 Å². The van der Waals surface area contributed by atoms with Crippen molar-refractivity contribution in [3.8, 4) is 11.6 Å². The first-order valence-electron chi connectivity index (χ1n) is 8.03. The highest BCUT2D eigenvalue weighted by Crippen LogP contribution is 2.21. The van der Waals surface area contributed by atoms with E-state index >= 15 is 0 Å². The Bertz CT molecular complexity index is 837. The summed E-state index contributed by atoms with van der Waals surface area (Å²) in [5.41, 5.74) is 1.85. The molecule has 0 aliphatic heterocycles. The molecule has 1 aromatic heterocycles. The lowest BCUT2D eigenvalue weighted by Gasteiger charge is -2.10. The minimum atomic E-state index is 0.418. The van der Waals surface area contributed by atoms with Gasteiger partial charge in [-0.15, -0.1) is 0 Å². The molecule has 0 saturated carbocycles. The van der Waals surface area contributed by atoms with E-state index < -0.39 is 0 Å². The van der Waals surface area contributed by atoms with Crippen LogP contribution in [0.25, 0.3) is 10.9 Å². The Labute approximate surface area is 151 Å². The van der Waals surface area contributed by atoms with Gasteiger partial charge in [0.2, 0.25) is 5.88 Å². The van der Waals surface area contributed by atoms with Crippen molar-refractivity contribution in [2.45, 2.75) is 6.92 Å². The van der Waals surface area contributed by atoms with Crippen LogP contribution in [0, 0.1) is 6.92 Å². The number of rotatable bonds is 8. The molecule has 1 heterocycles. The Morgan fingerprint density at radius 1 is 0.920 bits per heavy atom. The first kappa shape index (κ1) is 17.5. The Morgan fingerprint density at radius 2 is 1.72 bits per heavy atom. The Balaban J connectivity index is 1.37. The quantitative estimate of drug-likeness (QED) is 0.568. The molecule has 3 rings (SSSR count). The highest BCUT2D eigenvalue weighted by molar-refractivity contribution is 6.31. The number of hydrogen-bond donors (Lipinski definition) is 0. The molecule has 0 spiro atoms. The molecule has 0 radical (unpaired) electrons. The first-order valence-corrected chi connectivity index (χ1v) is 8.41. The summed E-state index contributed by atoms with van der Waals surface area (Å²) in [5, 5.41) is 1.63. The smallest absolute Gasteiger partial charge is 0.224 e. The predicted molar refractivity (Wildman–Crippen MR) is 97.5 cm³/mol. The van der Waals surface area contributed by atoms with Gasteiger partial charge < -0.3 is 14.2 Å². The molecular weight excluding hydrogens is 340 g/mol. The minimum Gasteiger partial charge on any atom is -0.491 e. The van der Waals surface area contributed by atoms with E-state index in [9.17, 15) is 0 Å². The fourth-order valence-corrected chi connectivity index (χ4v) is 2.44. The van der Waals surface area contributed by atoms with Gasteiger partial charge in [0.15, 0.2) is 0 Å². The van der Waals surface area contributed by atoms with Crippen LogP contribution in [0.3, 0.4) is 0 Å². The van der Waals surface area contributed by atoms with Gasteiger partial charge in [-0.05, 0) is 42.8 Å². The maximum absolute atomic E-state index is 5.98. The van der Waals surface area contributed by atoms with Crippen LogP contribution >= 0.6 is 11.6 Å². The lowest BCUT2D eigenvalue weighted by atomic mass is 10.2. The molecular formula is C19H19ClN2O3. The third-order valence-electron chi connectivity index (χ3n) is 3.60. The standard InChI is InChI=1S/C19H19ClN2O3/c1-14-12-15(6-7-17(14)20)24-10-8-23-9-11-25-19-16-4-2-3-5-18(16)21-13-22-19/h2-7,12-13H,8-11H2,1H3. The number of aryl methyl sites for hydroxylation is 1. The Hall–Kier alpha value is -2.37. The molecule has 6 heteroatoms. The molecule has 0 saturated heterocycles. The van der Waals surface area contributed by atoms with Crippen molar-refractivity contribution in [1.29, 1.82) is 0 Å². The molecule has 0 aliphatic rings. The number of halogens is 1. The third-order valence-corrected chi connectivity index (χ3v) is 4.02. The molecule has 5 nitrogen and oxygen atoms in total. The van der Waals surface area contributed by atoms with Crippen molar-refractivity contribution in [2.75, 3.05) is 26.4 Å². The minimum absolute atomic E-state index is 0.418. The summed E-state index contributed by atoms with van der Waals surface area (Å²) < 4.78 is 16.8. The van der Waals surface area contributed by atoms with E-state index in [2.05, 4.69) is 9.97 Å². The lowest BCUT2D eigenvalue weighted by Crippen LogP contribution is -2.12. The maximum Gasteiger partial charge on any atom is 0.224 e. The van der Waals surface area contributed by atoms with Gasteiger partial charge in [0, 0.05) is 5.02 Å². The summed E-state index contributed by atoms with van der Waals surface area (Å²) in [4.78, 5) is 8.38. The van der Waals surface area contributed by atoms with Gasteiger partial charge >= 0.3 is 0 Å². The van der Waals surface area contributed by atoms with Crippen LogP contribution in [-0.4, -0.2) is 36.4 Å². The number of aromatic nitrogens is 2. The van der Waals surface area contributed by atoms with E-state index in [-0.39, 0.29) is 0 Å². The van der Waals surface area contributed by atoms with Crippen molar-refractivity contribution >= 4 is 22.5 Å². The number of hydrogen-bond acceptors (Lipinski definition) is 5. The molecule has 0 atom stereocenters. The largest absolute Gasteiger partial charge is 0.491 e. The fraction of sp³-hybridized carbons (Fsp3) is 0.263. The van der Waals surface area contributed by atoms with E-state index in [1.807, 2.05) is 49.4 Å². The second kappa shape index (κ2) is 8.65. The third kappa shape index (κ3) is 4.81. The van der Waals surface area contributed by atoms with Crippen LogP contribution in [0.2, 0.25) is 5.02 Å². The number of ether oxygens (including phenoxy) is 3. The Morgan fingerprint density at radius 3 is 2.56 bits per heavy atom. The van der Waals surface area contributed by atoms with Gasteiger partial charge in [-0.2, -0.15) is 0 Å². The topological polar surface area (TPSA) is 53.5 Å². The van der Waals surface area contributed by atoms with E-state index in [0.29, 0.717) is 32.3 Å². The molecule has 3 aromatic rings. The molecule has 0 N–H and O–H groups in total. The van der Waals surface area contributed by atoms with E-state index in [1.54, 1.807) is 0 Å². The first-order chi connectivity index (χ1) is 12.2. The maximum atomic E-state index is 5.98. The summed E-state index contributed by atoms with van der Waals surface area (Å²) in [7, 11) is 0. The van der Waals surface area contributed by atoms with Gasteiger partial charge in [-0.3, -0.25) is 0 Å². The highest BCUT2D eigenvalue weighted by atomic mass is 35.5.